The van der Waals surface area contributed by atoms with Crippen LogP contribution in [0.1, 0.15) is 22.9 Å². The van der Waals surface area contributed by atoms with Gasteiger partial charge in [-0.1, -0.05) is 12.1 Å². The molecule has 0 radical (unpaired) electrons. The topological polar surface area (TPSA) is 77.2 Å². The quantitative estimate of drug-likeness (QED) is 0.670. The maximum atomic E-state index is 12.5. The fraction of sp³-hybridized carbons (Fsp3) is 0.238. The molecule has 0 fully saturated rings. The number of nitrogens with zero attached hydrogens (tertiary/aromatic N) is 1. The molecule has 0 aliphatic rings. The molecule has 0 bridgehead atoms. The number of hydrogen-bond donors (Lipinski definition) is 2. The molecule has 5 nitrogen and oxygen atoms in total. The number of ether oxygens (including phenoxy) is 1. The monoisotopic (exact) mass is 381 g/mol. The van der Waals surface area contributed by atoms with Gasteiger partial charge in [-0.15, -0.1) is 11.3 Å². The second-order valence-electron chi connectivity index (χ2n) is 6.55. The molecular weight excluding hydrogens is 358 g/mol. The molecule has 3 rings (SSSR count). The Morgan fingerprint density at radius 1 is 1.15 bits per heavy atom. The first kappa shape index (κ1) is 18.9. The number of aryl methyl sites for hydroxylation is 3. The Kier molecular flexibility index (Phi) is 5.46. The highest BCUT2D eigenvalue weighted by molar-refractivity contribution is 7.15. The number of carbonyl (C=O) groups is 1. The Morgan fingerprint density at radius 2 is 1.85 bits per heavy atom. The zero-order valence-corrected chi connectivity index (χ0v) is 16.7. The van der Waals surface area contributed by atoms with Gasteiger partial charge in [-0.2, -0.15) is 0 Å². The van der Waals surface area contributed by atoms with Gasteiger partial charge in [0.15, 0.2) is 11.2 Å². The minimum absolute atomic E-state index is 0.184. The van der Waals surface area contributed by atoms with E-state index in [-0.39, 0.29) is 5.91 Å². The molecule has 0 spiro atoms. The lowest BCUT2D eigenvalue weighted by molar-refractivity contribution is -0.122. The predicted molar refractivity (Wildman–Crippen MR) is 111 cm³/mol. The van der Waals surface area contributed by atoms with Gasteiger partial charge < -0.3 is 15.8 Å². The number of carbonyl (C=O) groups excluding carboxylic acids is 1. The first-order valence-electron chi connectivity index (χ1n) is 8.71. The predicted octanol–water partition coefficient (Wildman–Crippen LogP) is 4.72. The lowest BCUT2D eigenvalue weighted by Crippen LogP contribution is -2.30. The van der Waals surface area contributed by atoms with Crippen molar-refractivity contribution in [3.63, 3.8) is 0 Å². The summed E-state index contributed by atoms with van der Waals surface area (Å²) in [6.07, 6.45) is -0.618. The van der Waals surface area contributed by atoms with Crippen LogP contribution in [0.3, 0.4) is 0 Å². The van der Waals surface area contributed by atoms with E-state index in [1.54, 1.807) is 6.92 Å². The highest BCUT2D eigenvalue weighted by atomic mass is 32.1. The van der Waals surface area contributed by atoms with Crippen molar-refractivity contribution < 1.29 is 9.53 Å². The summed E-state index contributed by atoms with van der Waals surface area (Å²) in [7, 11) is 0. The van der Waals surface area contributed by atoms with Gasteiger partial charge in [0.1, 0.15) is 5.75 Å². The Balaban J connectivity index is 1.66. The van der Waals surface area contributed by atoms with Gasteiger partial charge in [-0.05, 0) is 69.2 Å². The number of nitrogens with one attached hydrogen (secondary N) is 1. The second-order valence-corrected chi connectivity index (χ2v) is 7.78. The number of benzene rings is 2. The van der Waals surface area contributed by atoms with E-state index >= 15 is 0 Å². The van der Waals surface area contributed by atoms with Gasteiger partial charge in [0, 0.05) is 16.1 Å². The molecule has 0 aliphatic carbocycles. The number of thiazole rings is 1. The summed E-state index contributed by atoms with van der Waals surface area (Å²) in [5.41, 5.74) is 10.5. The molecule has 3 N–H and O–H groups in total. The van der Waals surface area contributed by atoms with Gasteiger partial charge in [0.2, 0.25) is 0 Å². The Hall–Kier alpha value is -2.86. The molecule has 1 unspecified atom stereocenters. The molecule has 140 valence electrons. The first-order valence-corrected chi connectivity index (χ1v) is 9.53. The molecule has 0 aliphatic heterocycles. The summed E-state index contributed by atoms with van der Waals surface area (Å²) in [6.45, 7) is 7.69. The van der Waals surface area contributed by atoms with Crippen LogP contribution in [-0.4, -0.2) is 17.0 Å². The second kappa shape index (κ2) is 7.80. The number of nitrogens with two attached hydrogens (primary N) is 1. The van der Waals surface area contributed by atoms with Crippen LogP contribution in [0.5, 0.6) is 5.75 Å². The molecule has 1 atom stereocenters. The number of rotatable bonds is 5. The van der Waals surface area contributed by atoms with Gasteiger partial charge in [-0.3, -0.25) is 4.79 Å². The van der Waals surface area contributed by atoms with Gasteiger partial charge in [0.05, 0.1) is 5.69 Å². The summed E-state index contributed by atoms with van der Waals surface area (Å²) >= 11 is 1.47. The number of amides is 1. The van der Waals surface area contributed by atoms with Gasteiger partial charge in [-0.25, -0.2) is 4.98 Å². The SMILES string of the molecule is Cc1ccc(C)c(NC(=O)C(C)Oc2ccc(-c3nc(N)sc3C)cc2)c1. The van der Waals surface area contributed by atoms with Crippen LogP contribution in [-0.2, 0) is 4.79 Å². The van der Waals surface area contributed by atoms with Crippen molar-refractivity contribution in [1.82, 2.24) is 4.98 Å². The lowest BCUT2D eigenvalue weighted by Gasteiger charge is -2.16. The van der Waals surface area contributed by atoms with Crippen molar-refractivity contribution in [2.45, 2.75) is 33.8 Å². The van der Waals surface area contributed by atoms with Gasteiger partial charge >= 0.3 is 0 Å². The summed E-state index contributed by atoms with van der Waals surface area (Å²) in [4.78, 5) is 17.9. The van der Waals surface area contributed by atoms with E-state index in [9.17, 15) is 4.79 Å². The minimum Gasteiger partial charge on any atom is -0.481 e. The van der Waals surface area contributed by atoms with Crippen LogP contribution in [0.15, 0.2) is 42.5 Å². The molecule has 1 aromatic heterocycles. The zero-order chi connectivity index (χ0) is 19.6. The summed E-state index contributed by atoms with van der Waals surface area (Å²) in [5.74, 6) is 0.444. The van der Waals surface area contributed by atoms with Crippen molar-refractivity contribution in [3.8, 4) is 17.0 Å². The molecule has 6 heteroatoms. The van der Waals surface area contributed by atoms with E-state index in [1.165, 1.54) is 11.3 Å². The molecule has 3 aromatic rings. The fourth-order valence-corrected chi connectivity index (χ4v) is 3.45. The van der Waals surface area contributed by atoms with E-state index in [1.807, 2.05) is 63.2 Å². The third kappa shape index (κ3) is 4.46. The van der Waals surface area contributed by atoms with E-state index in [2.05, 4.69) is 10.3 Å². The van der Waals surface area contributed by atoms with Crippen molar-refractivity contribution in [2.75, 3.05) is 11.1 Å². The maximum Gasteiger partial charge on any atom is 0.265 e. The summed E-state index contributed by atoms with van der Waals surface area (Å²) < 4.78 is 5.79. The van der Waals surface area contributed by atoms with Crippen LogP contribution < -0.4 is 15.8 Å². The standard InChI is InChI=1S/C21H23N3O2S/c1-12-5-6-13(2)18(11-12)23-20(25)14(3)26-17-9-7-16(8-10-17)19-15(4)27-21(22)24-19/h5-11,14H,1-4H3,(H2,22,24)(H,23,25). The Bertz CT molecular complexity index is 964. The van der Waals surface area contributed by atoms with Crippen LogP contribution >= 0.6 is 11.3 Å². The number of hydrogen-bond acceptors (Lipinski definition) is 5. The number of aromatic nitrogens is 1. The molecule has 1 amide bonds. The molecule has 0 saturated heterocycles. The normalized spacial score (nSPS) is 11.9. The van der Waals surface area contributed by atoms with Crippen LogP contribution in [0.2, 0.25) is 0 Å². The Morgan fingerprint density at radius 3 is 2.48 bits per heavy atom. The van der Waals surface area contributed by atoms with E-state index in [0.717, 1.165) is 32.9 Å². The largest absolute Gasteiger partial charge is 0.481 e. The first-order chi connectivity index (χ1) is 12.8. The fourth-order valence-electron chi connectivity index (χ4n) is 2.74. The Labute approximate surface area is 163 Å². The van der Waals surface area contributed by atoms with Crippen molar-refractivity contribution in [3.05, 3.63) is 58.5 Å². The van der Waals surface area contributed by atoms with Crippen LogP contribution in [0.4, 0.5) is 10.8 Å². The number of anilines is 2. The van der Waals surface area contributed by atoms with E-state index in [0.29, 0.717) is 10.9 Å². The van der Waals surface area contributed by atoms with Crippen LogP contribution in [0, 0.1) is 20.8 Å². The third-order valence-electron chi connectivity index (χ3n) is 4.27. The highest BCUT2D eigenvalue weighted by Gasteiger charge is 2.16. The molecule has 0 saturated carbocycles. The van der Waals surface area contributed by atoms with E-state index in [4.69, 9.17) is 10.5 Å². The maximum absolute atomic E-state index is 12.5. The zero-order valence-electron chi connectivity index (χ0n) is 15.9. The average Bonchev–Trinajstić information content (AvgIpc) is 2.97. The summed E-state index contributed by atoms with van der Waals surface area (Å²) in [6, 6.07) is 13.5. The van der Waals surface area contributed by atoms with Crippen molar-refractivity contribution in [1.29, 1.82) is 0 Å². The lowest BCUT2D eigenvalue weighted by atomic mass is 10.1. The van der Waals surface area contributed by atoms with Crippen molar-refractivity contribution >= 4 is 28.1 Å². The van der Waals surface area contributed by atoms with Gasteiger partial charge in [0.25, 0.3) is 5.91 Å². The molecule has 1 heterocycles. The average molecular weight is 382 g/mol. The number of nitrogen functional groups attached to an aromatic ring is 1. The molecule has 2 aromatic carbocycles. The highest BCUT2D eigenvalue weighted by Crippen LogP contribution is 2.30. The van der Waals surface area contributed by atoms with E-state index < -0.39 is 6.10 Å². The third-order valence-corrected chi connectivity index (χ3v) is 5.07. The minimum atomic E-state index is -0.618. The smallest absolute Gasteiger partial charge is 0.265 e. The molecule has 27 heavy (non-hydrogen) atoms. The van der Waals surface area contributed by atoms with Crippen LogP contribution in [0.25, 0.3) is 11.3 Å². The summed E-state index contributed by atoms with van der Waals surface area (Å²) in [5, 5.41) is 3.49. The molecular formula is C21H23N3O2S. The van der Waals surface area contributed by atoms with Crippen molar-refractivity contribution in [2.24, 2.45) is 0 Å².